The van der Waals surface area contributed by atoms with Crippen LogP contribution in [0.5, 0.6) is 0 Å². The van der Waals surface area contributed by atoms with E-state index in [1.165, 1.54) is 0 Å². The largest absolute Gasteiger partial charge is 0.481 e. The van der Waals surface area contributed by atoms with Crippen molar-refractivity contribution in [2.75, 3.05) is 6.61 Å². The first-order valence-electron chi connectivity index (χ1n) is 6.59. The Hall–Kier alpha value is -1.32. The van der Waals surface area contributed by atoms with Gasteiger partial charge in [0.1, 0.15) is 6.61 Å². The van der Waals surface area contributed by atoms with Crippen molar-refractivity contribution in [2.24, 2.45) is 10.8 Å². The molecule has 0 aromatic rings. The van der Waals surface area contributed by atoms with Gasteiger partial charge in [-0.1, -0.05) is 12.5 Å². The summed E-state index contributed by atoms with van der Waals surface area (Å²) < 4.78 is 5.18. The van der Waals surface area contributed by atoms with Gasteiger partial charge in [0.15, 0.2) is 0 Å². The highest BCUT2D eigenvalue weighted by Crippen LogP contribution is 2.37. The molecule has 0 spiro atoms. The van der Waals surface area contributed by atoms with Crippen molar-refractivity contribution in [1.82, 2.24) is 0 Å². The van der Waals surface area contributed by atoms with E-state index in [2.05, 4.69) is 0 Å². The SMILES string of the molecule is CCC(C)(CC(C)(C)C(=O)OCC=C(C)C)C(=O)O. The minimum atomic E-state index is -0.904. The maximum Gasteiger partial charge on any atom is 0.311 e. The van der Waals surface area contributed by atoms with Crippen LogP contribution in [0.4, 0.5) is 0 Å². The molecule has 0 fully saturated rings. The van der Waals surface area contributed by atoms with E-state index in [1.54, 1.807) is 20.8 Å². The standard InChI is InChI=1S/C15H26O4/c1-7-15(6,12(16)17)10-14(4,5)13(18)19-9-8-11(2)3/h8H,7,9-10H2,1-6H3,(H,16,17). The van der Waals surface area contributed by atoms with E-state index in [4.69, 9.17) is 4.74 Å². The molecule has 0 aliphatic heterocycles. The summed E-state index contributed by atoms with van der Waals surface area (Å²) in [4.78, 5) is 23.3. The molecule has 19 heavy (non-hydrogen) atoms. The maximum absolute atomic E-state index is 12.0. The molecular formula is C15H26O4. The van der Waals surface area contributed by atoms with Crippen molar-refractivity contribution < 1.29 is 19.4 Å². The Kier molecular flexibility index (Phi) is 6.27. The van der Waals surface area contributed by atoms with Gasteiger partial charge in [0.25, 0.3) is 0 Å². The second kappa shape index (κ2) is 6.73. The average Bonchev–Trinajstić information content (AvgIpc) is 2.27. The van der Waals surface area contributed by atoms with Crippen LogP contribution in [0.3, 0.4) is 0 Å². The van der Waals surface area contributed by atoms with E-state index in [0.29, 0.717) is 6.42 Å². The van der Waals surface area contributed by atoms with Crippen LogP contribution >= 0.6 is 0 Å². The van der Waals surface area contributed by atoms with Gasteiger partial charge in [-0.05, 0) is 53.5 Å². The molecule has 0 aromatic carbocycles. The molecule has 0 rings (SSSR count). The smallest absolute Gasteiger partial charge is 0.311 e. The van der Waals surface area contributed by atoms with Crippen LogP contribution in [0.1, 0.15) is 54.4 Å². The zero-order valence-corrected chi connectivity index (χ0v) is 12.9. The Balaban J connectivity index is 4.73. The summed E-state index contributed by atoms with van der Waals surface area (Å²) in [5.41, 5.74) is -0.632. The Labute approximate surface area is 115 Å². The lowest BCUT2D eigenvalue weighted by Crippen LogP contribution is -2.37. The average molecular weight is 270 g/mol. The van der Waals surface area contributed by atoms with Gasteiger partial charge in [-0.15, -0.1) is 0 Å². The molecule has 1 N–H and O–H groups in total. The second-order valence-corrected chi connectivity index (χ2v) is 6.16. The van der Waals surface area contributed by atoms with Gasteiger partial charge in [-0.3, -0.25) is 9.59 Å². The summed E-state index contributed by atoms with van der Waals surface area (Å²) in [6.45, 7) is 11.0. The van der Waals surface area contributed by atoms with Crippen molar-refractivity contribution in [3.63, 3.8) is 0 Å². The third-order valence-electron chi connectivity index (χ3n) is 3.39. The Morgan fingerprint density at radius 3 is 2.11 bits per heavy atom. The fourth-order valence-corrected chi connectivity index (χ4v) is 1.88. The van der Waals surface area contributed by atoms with Crippen LogP contribution in [-0.4, -0.2) is 23.7 Å². The first-order chi connectivity index (χ1) is 8.55. The zero-order chi connectivity index (χ0) is 15.3. The Bertz CT molecular complexity index is 364. The summed E-state index contributed by atoms with van der Waals surface area (Å²) in [6, 6.07) is 0. The number of ether oxygens (including phenoxy) is 1. The lowest BCUT2D eigenvalue weighted by Gasteiger charge is -2.32. The van der Waals surface area contributed by atoms with E-state index in [9.17, 15) is 14.7 Å². The molecule has 0 amide bonds. The molecule has 4 nitrogen and oxygen atoms in total. The summed E-state index contributed by atoms with van der Waals surface area (Å²) in [5, 5.41) is 9.26. The molecule has 0 heterocycles. The van der Waals surface area contributed by atoms with Crippen molar-refractivity contribution in [3.05, 3.63) is 11.6 Å². The molecule has 0 saturated carbocycles. The molecule has 0 aliphatic rings. The van der Waals surface area contributed by atoms with Crippen LogP contribution in [0.15, 0.2) is 11.6 Å². The number of hydrogen-bond acceptors (Lipinski definition) is 3. The predicted octanol–water partition coefficient (Wildman–Crippen LogP) is 3.41. The normalized spacial score (nSPS) is 14.4. The van der Waals surface area contributed by atoms with Crippen LogP contribution in [-0.2, 0) is 14.3 Å². The molecule has 0 aromatic heterocycles. The van der Waals surface area contributed by atoms with Gasteiger partial charge >= 0.3 is 11.9 Å². The van der Waals surface area contributed by atoms with Crippen molar-refractivity contribution in [1.29, 1.82) is 0 Å². The van der Waals surface area contributed by atoms with Gasteiger partial charge in [-0.2, -0.15) is 0 Å². The van der Waals surface area contributed by atoms with Gasteiger partial charge in [0.05, 0.1) is 10.8 Å². The highest BCUT2D eigenvalue weighted by molar-refractivity contribution is 5.79. The summed E-state index contributed by atoms with van der Waals surface area (Å²) >= 11 is 0. The Morgan fingerprint density at radius 1 is 1.21 bits per heavy atom. The molecule has 1 unspecified atom stereocenters. The van der Waals surface area contributed by atoms with Crippen LogP contribution in [0.25, 0.3) is 0 Å². The first-order valence-corrected chi connectivity index (χ1v) is 6.59. The van der Waals surface area contributed by atoms with Gasteiger partial charge in [0, 0.05) is 0 Å². The quantitative estimate of drug-likeness (QED) is 0.568. The fraction of sp³-hybridized carbons (Fsp3) is 0.733. The van der Waals surface area contributed by atoms with Crippen LogP contribution < -0.4 is 0 Å². The van der Waals surface area contributed by atoms with E-state index in [-0.39, 0.29) is 19.0 Å². The minimum Gasteiger partial charge on any atom is -0.481 e. The molecule has 0 radical (unpaired) electrons. The number of carboxylic acids is 1. The van der Waals surface area contributed by atoms with Gasteiger partial charge < -0.3 is 9.84 Å². The lowest BCUT2D eigenvalue weighted by molar-refractivity contribution is -0.159. The molecule has 110 valence electrons. The maximum atomic E-state index is 12.0. The van der Waals surface area contributed by atoms with E-state index in [0.717, 1.165) is 5.57 Å². The molecular weight excluding hydrogens is 244 g/mol. The summed E-state index contributed by atoms with van der Waals surface area (Å²) in [7, 11) is 0. The van der Waals surface area contributed by atoms with Crippen LogP contribution in [0, 0.1) is 10.8 Å². The van der Waals surface area contributed by atoms with Crippen molar-refractivity contribution >= 4 is 11.9 Å². The molecule has 4 heteroatoms. The monoisotopic (exact) mass is 270 g/mol. The predicted molar refractivity (Wildman–Crippen MR) is 74.8 cm³/mol. The summed E-state index contributed by atoms with van der Waals surface area (Å²) in [6.07, 6.45) is 2.57. The number of aliphatic carboxylic acids is 1. The molecule has 0 aliphatic carbocycles. The lowest BCUT2D eigenvalue weighted by atomic mass is 9.72. The number of carbonyl (C=O) groups is 2. The van der Waals surface area contributed by atoms with E-state index >= 15 is 0 Å². The van der Waals surface area contributed by atoms with Crippen molar-refractivity contribution in [2.45, 2.75) is 54.4 Å². The number of carbonyl (C=O) groups excluding carboxylic acids is 1. The number of esters is 1. The minimum absolute atomic E-state index is 0.237. The number of rotatable bonds is 7. The van der Waals surface area contributed by atoms with E-state index in [1.807, 2.05) is 26.8 Å². The molecule has 0 bridgehead atoms. The van der Waals surface area contributed by atoms with E-state index < -0.39 is 16.8 Å². The number of hydrogen-bond donors (Lipinski definition) is 1. The summed E-state index contributed by atoms with van der Waals surface area (Å²) in [5.74, 6) is -1.23. The molecule has 0 saturated heterocycles. The number of carboxylic acid groups (broad SMARTS) is 1. The second-order valence-electron chi connectivity index (χ2n) is 6.16. The molecule has 1 atom stereocenters. The third kappa shape index (κ3) is 5.45. The highest BCUT2D eigenvalue weighted by Gasteiger charge is 2.41. The fourth-order valence-electron chi connectivity index (χ4n) is 1.88. The van der Waals surface area contributed by atoms with Crippen LogP contribution in [0.2, 0.25) is 0 Å². The third-order valence-corrected chi connectivity index (χ3v) is 3.39. The van der Waals surface area contributed by atoms with Gasteiger partial charge in [-0.25, -0.2) is 0 Å². The van der Waals surface area contributed by atoms with Gasteiger partial charge in [0.2, 0.25) is 0 Å². The number of allylic oxidation sites excluding steroid dienone is 1. The van der Waals surface area contributed by atoms with Crippen molar-refractivity contribution in [3.8, 4) is 0 Å². The highest BCUT2D eigenvalue weighted by atomic mass is 16.5. The first kappa shape index (κ1) is 17.7. The zero-order valence-electron chi connectivity index (χ0n) is 12.9. The topological polar surface area (TPSA) is 63.6 Å². The Morgan fingerprint density at radius 2 is 1.74 bits per heavy atom.